The number of aromatic nitrogens is 2. The molecule has 5 heteroatoms. The summed E-state index contributed by atoms with van der Waals surface area (Å²) in [6.07, 6.45) is 8.75. The molecule has 1 saturated carbocycles. The molecule has 1 heterocycles. The number of imidazole rings is 1. The number of aryl methyl sites for hydroxylation is 1. The topological polar surface area (TPSA) is 59.0 Å². The standard InChI is InChI=1S/C18H24N4O/c23-18(20-8-4-5-10-22-11-9-19-14-22)21-13-16-12-17(16)15-6-2-1-3-7-15/h1-3,6-7,9,11,14,16-17H,4-5,8,10,12-13H2,(H2,20,21,23)/t16-,17-/m0/s1. The van der Waals surface area contributed by atoms with E-state index in [2.05, 4.69) is 44.5 Å². The van der Waals surface area contributed by atoms with E-state index in [-0.39, 0.29) is 6.03 Å². The summed E-state index contributed by atoms with van der Waals surface area (Å²) in [6, 6.07) is 10.5. The van der Waals surface area contributed by atoms with Crippen LogP contribution in [0.3, 0.4) is 0 Å². The molecule has 2 N–H and O–H groups in total. The zero-order valence-electron chi connectivity index (χ0n) is 13.3. The van der Waals surface area contributed by atoms with Gasteiger partial charge in [-0.25, -0.2) is 9.78 Å². The maximum atomic E-state index is 11.8. The average Bonchev–Trinajstić information content (AvgIpc) is 3.18. The lowest BCUT2D eigenvalue weighted by atomic mass is 10.1. The van der Waals surface area contributed by atoms with E-state index in [1.54, 1.807) is 6.20 Å². The SMILES string of the molecule is O=C(NCCCCn1ccnc1)NC[C@@H]1C[C@H]1c1ccccc1. The van der Waals surface area contributed by atoms with Gasteiger partial charge in [-0.1, -0.05) is 30.3 Å². The number of nitrogens with one attached hydrogen (secondary N) is 2. The van der Waals surface area contributed by atoms with Crippen LogP contribution in [-0.2, 0) is 6.54 Å². The van der Waals surface area contributed by atoms with Crippen LogP contribution in [0.5, 0.6) is 0 Å². The van der Waals surface area contributed by atoms with Gasteiger partial charge in [0.05, 0.1) is 6.33 Å². The summed E-state index contributed by atoms with van der Waals surface area (Å²) < 4.78 is 2.05. The Balaban J connectivity index is 1.23. The third kappa shape index (κ3) is 4.84. The van der Waals surface area contributed by atoms with Crippen LogP contribution >= 0.6 is 0 Å². The Hall–Kier alpha value is -2.30. The molecule has 0 spiro atoms. The molecule has 0 unspecified atom stereocenters. The van der Waals surface area contributed by atoms with Gasteiger partial charge in [0.1, 0.15) is 0 Å². The molecule has 0 aliphatic heterocycles. The minimum atomic E-state index is -0.0497. The molecule has 3 rings (SSSR count). The number of unbranched alkanes of at least 4 members (excludes halogenated alkanes) is 1. The monoisotopic (exact) mass is 312 g/mol. The van der Waals surface area contributed by atoms with E-state index in [1.807, 2.05) is 18.6 Å². The van der Waals surface area contributed by atoms with Gasteiger partial charge >= 0.3 is 6.03 Å². The van der Waals surface area contributed by atoms with Gasteiger partial charge in [-0.15, -0.1) is 0 Å². The van der Waals surface area contributed by atoms with E-state index < -0.39 is 0 Å². The van der Waals surface area contributed by atoms with E-state index in [4.69, 9.17) is 0 Å². The molecule has 0 radical (unpaired) electrons. The highest BCUT2D eigenvalue weighted by Gasteiger charge is 2.37. The van der Waals surface area contributed by atoms with Gasteiger partial charge in [-0.2, -0.15) is 0 Å². The fourth-order valence-corrected chi connectivity index (χ4v) is 2.91. The maximum Gasteiger partial charge on any atom is 0.314 e. The van der Waals surface area contributed by atoms with E-state index in [0.717, 1.165) is 25.9 Å². The maximum absolute atomic E-state index is 11.8. The van der Waals surface area contributed by atoms with Crippen LogP contribution in [-0.4, -0.2) is 28.7 Å². The predicted molar refractivity (Wildman–Crippen MR) is 90.2 cm³/mol. The summed E-state index contributed by atoms with van der Waals surface area (Å²) in [7, 11) is 0. The third-order valence-electron chi connectivity index (χ3n) is 4.36. The number of carbonyl (C=O) groups excluding carboxylic acids is 1. The van der Waals surface area contributed by atoms with Crippen LogP contribution in [0.25, 0.3) is 0 Å². The molecule has 1 aliphatic rings. The van der Waals surface area contributed by atoms with Gasteiger partial charge in [0.15, 0.2) is 0 Å². The highest BCUT2D eigenvalue weighted by Crippen LogP contribution is 2.46. The molecular weight excluding hydrogens is 288 g/mol. The third-order valence-corrected chi connectivity index (χ3v) is 4.36. The first-order valence-corrected chi connectivity index (χ1v) is 8.35. The Labute approximate surface area is 137 Å². The minimum absolute atomic E-state index is 0.0497. The molecule has 23 heavy (non-hydrogen) atoms. The first-order valence-electron chi connectivity index (χ1n) is 8.35. The Morgan fingerprint density at radius 1 is 1.22 bits per heavy atom. The number of nitrogens with zero attached hydrogens (tertiary/aromatic N) is 2. The molecule has 1 aromatic carbocycles. The van der Waals surface area contributed by atoms with Crippen molar-refractivity contribution in [1.29, 1.82) is 0 Å². The smallest absolute Gasteiger partial charge is 0.314 e. The van der Waals surface area contributed by atoms with Crippen LogP contribution in [0.1, 0.15) is 30.7 Å². The van der Waals surface area contributed by atoms with Crippen molar-refractivity contribution in [3.05, 3.63) is 54.6 Å². The summed E-state index contributed by atoms with van der Waals surface area (Å²) in [4.78, 5) is 15.8. The van der Waals surface area contributed by atoms with Crippen LogP contribution < -0.4 is 10.6 Å². The molecule has 5 nitrogen and oxygen atoms in total. The second-order valence-corrected chi connectivity index (χ2v) is 6.16. The van der Waals surface area contributed by atoms with E-state index >= 15 is 0 Å². The zero-order valence-corrected chi connectivity index (χ0v) is 13.3. The second kappa shape index (κ2) is 7.81. The largest absolute Gasteiger partial charge is 0.338 e. The Kier molecular flexibility index (Phi) is 5.29. The molecule has 2 amide bonds. The number of amides is 2. The second-order valence-electron chi connectivity index (χ2n) is 6.16. The summed E-state index contributed by atoms with van der Waals surface area (Å²) >= 11 is 0. The van der Waals surface area contributed by atoms with Crippen LogP contribution in [0, 0.1) is 5.92 Å². The van der Waals surface area contributed by atoms with Gasteiger partial charge < -0.3 is 15.2 Å². The van der Waals surface area contributed by atoms with E-state index in [1.165, 1.54) is 12.0 Å². The summed E-state index contributed by atoms with van der Waals surface area (Å²) in [6.45, 7) is 2.43. The van der Waals surface area contributed by atoms with Gasteiger partial charge in [0.2, 0.25) is 0 Å². The fraction of sp³-hybridized carbons (Fsp3) is 0.444. The lowest BCUT2D eigenvalue weighted by Gasteiger charge is -2.08. The zero-order chi connectivity index (χ0) is 15.9. The van der Waals surface area contributed by atoms with Crippen LogP contribution in [0.15, 0.2) is 49.1 Å². The Morgan fingerprint density at radius 3 is 2.87 bits per heavy atom. The molecule has 2 aromatic rings. The van der Waals surface area contributed by atoms with Crippen LogP contribution in [0.2, 0.25) is 0 Å². The fourth-order valence-electron chi connectivity index (χ4n) is 2.91. The highest BCUT2D eigenvalue weighted by atomic mass is 16.2. The summed E-state index contributed by atoms with van der Waals surface area (Å²) in [5.74, 6) is 1.20. The van der Waals surface area contributed by atoms with Crippen molar-refractivity contribution >= 4 is 6.03 Å². The minimum Gasteiger partial charge on any atom is -0.338 e. The first kappa shape index (κ1) is 15.6. The lowest BCUT2D eigenvalue weighted by molar-refractivity contribution is 0.240. The number of urea groups is 1. The first-order chi connectivity index (χ1) is 11.3. The average molecular weight is 312 g/mol. The highest BCUT2D eigenvalue weighted by molar-refractivity contribution is 5.73. The molecular formula is C18H24N4O. The van der Waals surface area contributed by atoms with Crippen molar-refractivity contribution in [1.82, 2.24) is 20.2 Å². The van der Waals surface area contributed by atoms with Gasteiger partial charge in [0.25, 0.3) is 0 Å². The molecule has 2 atom stereocenters. The molecule has 1 aliphatic carbocycles. The van der Waals surface area contributed by atoms with Crippen molar-refractivity contribution in [2.24, 2.45) is 5.92 Å². The molecule has 1 fully saturated rings. The van der Waals surface area contributed by atoms with Crippen LogP contribution in [0.4, 0.5) is 4.79 Å². The van der Waals surface area contributed by atoms with Crippen molar-refractivity contribution in [3.63, 3.8) is 0 Å². The molecule has 0 bridgehead atoms. The van der Waals surface area contributed by atoms with Gasteiger partial charge in [-0.05, 0) is 36.7 Å². The molecule has 1 aromatic heterocycles. The quantitative estimate of drug-likeness (QED) is 0.736. The van der Waals surface area contributed by atoms with E-state index in [9.17, 15) is 4.79 Å². The normalized spacial score (nSPS) is 19.3. The summed E-state index contributed by atoms with van der Waals surface area (Å²) in [5, 5.41) is 5.91. The molecule has 122 valence electrons. The van der Waals surface area contributed by atoms with Crippen molar-refractivity contribution in [2.45, 2.75) is 31.7 Å². The lowest BCUT2D eigenvalue weighted by Crippen LogP contribution is -2.37. The number of rotatable bonds is 8. The number of hydrogen-bond donors (Lipinski definition) is 2. The van der Waals surface area contributed by atoms with Crippen molar-refractivity contribution in [2.75, 3.05) is 13.1 Å². The van der Waals surface area contributed by atoms with E-state index in [0.29, 0.717) is 18.4 Å². The van der Waals surface area contributed by atoms with Gasteiger partial charge in [-0.3, -0.25) is 0 Å². The van der Waals surface area contributed by atoms with Gasteiger partial charge in [0, 0.05) is 32.0 Å². The predicted octanol–water partition coefficient (Wildman–Crippen LogP) is 2.77. The van der Waals surface area contributed by atoms with Crippen molar-refractivity contribution < 1.29 is 4.79 Å². The summed E-state index contributed by atoms with van der Waals surface area (Å²) in [5.41, 5.74) is 1.39. The number of carbonyl (C=O) groups is 1. The Bertz CT molecular complexity index is 597. The number of hydrogen-bond acceptors (Lipinski definition) is 2. The number of benzene rings is 1. The van der Waals surface area contributed by atoms with Crippen molar-refractivity contribution in [3.8, 4) is 0 Å². The Morgan fingerprint density at radius 2 is 2.09 bits per heavy atom. The molecule has 0 saturated heterocycles.